The van der Waals surface area contributed by atoms with Crippen LogP contribution < -0.4 is 0 Å². The highest BCUT2D eigenvalue weighted by atomic mass is 14.6. The van der Waals surface area contributed by atoms with Crippen LogP contribution in [0, 0.1) is 46.3 Å². The van der Waals surface area contributed by atoms with Crippen LogP contribution in [0.3, 0.4) is 0 Å². The quantitative estimate of drug-likeness (QED) is 0.375. The van der Waals surface area contributed by atoms with E-state index in [1.165, 1.54) is 89.9 Å². The standard InChI is InChI=1S/C29H50/c1-6-10-21(2)11-9-12-22(3)25-16-17-26-24-15-14-23-13-7-8-19-28(23,4)27(24)18-20-29(25,26)5/h14,21-22,24-27H,6-13,15-20H2,1-5H3/t21?,22-,24+,25-,26+,27+,28+,29-/m1/s1. The fourth-order valence-electron chi connectivity index (χ4n) is 9.30. The Labute approximate surface area is 182 Å². The van der Waals surface area contributed by atoms with Crippen LogP contribution in [0.25, 0.3) is 0 Å². The van der Waals surface area contributed by atoms with Gasteiger partial charge in [0.25, 0.3) is 0 Å². The number of hydrogen-bond acceptors (Lipinski definition) is 0. The van der Waals surface area contributed by atoms with Crippen LogP contribution >= 0.6 is 0 Å². The van der Waals surface area contributed by atoms with E-state index in [-0.39, 0.29) is 0 Å². The minimum Gasteiger partial charge on any atom is -0.0845 e. The molecule has 0 saturated heterocycles. The third-order valence-electron chi connectivity index (χ3n) is 10.9. The average Bonchev–Trinajstić information content (AvgIpc) is 3.05. The molecule has 4 aliphatic rings. The highest BCUT2D eigenvalue weighted by Gasteiger charge is 2.58. The first-order valence-electron chi connectivity index (χ1n) is 13.6. The van der Waals surface area contributed by atoms with Gasteiger partial charge < -0.3 is 0 Å². The largest absolute Gasteiger partial charge is 0.0845 e. The van der Waals surface area contributed by atoms with E-state index < -0.39 is 0 Å². The Kier molecular flexibility index (Phi) is 6.59. The molecule has 0 radical (unpaired) electrons. The van der Waals surface area contributed by atoms with Gasteiger partial charge in [0, 0.05) is 0 Å². The monoisotopic (exact) mass is 398 g/mol. The lowest BCUT2D eigenvalue weighted by Gasteiger charge is -2.58. The molecular weight excluding hydrogens is 348 g/mol. The van der Waals surface area contributed by atoms with Crippen molar-refractivity contribution in [2.24, 2.45) is 46.3 Å². The Morgan fingerprint density at radius 1 is 0.966 bits per heavy atom. The molecule has 166 valence electrons. The zero-order valence-electron chi connectivity index (χ0n) is 20.4. The molecule has 0 aromatic carbocycles. The summed E-state index contributed by atoms with van der Waals surface area (Å²) in [5.74, 6) is 5.90. The second-order valence-corrected chi connectivity index (χ2v) is 12.5. The van der Waals surface area contributed by atoms with Crippen molar-refractivity contribution in [1.29, 1.82) is 0 Å². The number of allylic oxidation sites excluding steroid dienone is 2. The van der Waals surface area contributed by atoms with Crippen LogP contribution in [0.1, 0.15) is 125 Å². The Bertz CT molecular complexity index is 587. The van der Waals surface area contributed by atoms with E-state index >= 15 is 0 Å². The van der Waals surface area contributed by atoms with Crippen LogP contribution in [-0.4, -0.2) is 0 Å². The summed E-state index contributed by atoms with van der Waals surface area (Å²) >= 11 is 0. The predicted molar refractivity (Wildman–Crippen MR) is 127 cm³/mol. The minimum atomic E-state index is 0.571. The fraction of sp³-hybridized carbons (Fsp3) is 0.931. The molecule has 4 rings (SSSR count). The maximum Gasteiger partial charge on any atom is -0.00853 e. The van der Waals surface area contributed by atoms with Crippen molar-refractivity contribution in [3.05, 3.63) is 11.6 Å². The van der Waals surface area contributed by atoms with Crippen molar-refractivity contribution in [2.45, 2.75) is 125 Å². The van der Waals surface area contributed by atoms with Gasteiger partial charge in [0.2, 0.25) is 0 Å². The summed E-state index contributed by atoms with van der Waals surface area (Å²) in [7, 11) is 0. The van der Waals surface area contributed by atoms with Crippen molar-refractivity contribution in [2.75, 3.05) is 0 Å². The summed E-state index contributed by atoms with van der Waals surface area (Å²) < 4.78 is 0. The molecule has 0 amide bonds. The molecule has 4 aliphatic carbocycles. The summed E-state index contributed by atoms with van der Waals surface area (Å²) in [6.45, 7) is 12.8. The first-order chi connectivity index (χ1) is 13.9. The van der Waals surface area contributed by atoms with E-state index in [4.69, 9.17) is 0 Å². The topological polar surface area (TPSA) is 0 Å². The van der Waals surface area contributed by atoms with Crippen LogP contribution in [-0.2, 0) is 0 Å². The molecule has 0 aromatic rings. The van der Waals surface area contributed by atoms with E-state index in [1.54, 1.807) is 0 Å². The van der Waals surface area contributed by atoms with Crippen LogP contribution in [0.5, 0.6) is 0 Å². The summed E-state index contributed by atoms with van der Waals surface area (Å²) in [6, 6.07) is 0. The first kappa shape index (κ1) is 22.0. The summed E-state index contributed by atoms with van der Waals surface area (Å²) in [4.78, 5) is 0. The van der Waals surface area contributed by atoms with E-state index in [1.807, 2.05) is 5.57 Å². The van der Waals surface area contributed by atoms with Crippen molar-refractivity contribution < 1.29 is 0 Å². The molecule has 1 unspecified atom stereocenters. The van der Waals surface area contributed by atoms with Gasteiger partial charge in [-0.2, -0.15) is 0 Å². The van der Waals surface area contributed by atoms with Crippen molar-refractivity contribution >= 4 is 0 Å². The third kappa shape index (κ3) is 3.89. The Morgan fingerprint density at radius 3 is 2.59 bits per heavy atom. The van der Waals surface area contributed by atoms with Gasteiger partial charge in [-0.3, -0.25) is 0 Å². The second kappa shape index (κ2) is 8.70. The lowest BCUT2D eigenvalue weighted by atomic mass is 9.47. The molecular formula is C29H50. The number of rotatable bonds is 7. The normalized spacial score (nSPS) is 43.7. The maximum atomic E-state index is 2.75. The molecule has 0 aliphatic heterocycles. The van der Waals surface area contributed by atoms with Crippen LogP contribution in [0.2, 0.25) is 0 Å². The second-order valence-electron chi connectivity index (χ2n) is 12.5. The van der Waals surface area contributed by atoms with Crippen LogP contribution in [0.4, 0.5) is 0 Å². The maximum absolute atomic E-state index is 2.75. The van der Waals surface area contributed by atoms with Crippen molar-refractivity contribution in [3.63, 3.8) is 0 Å². The van der Waals surface area contributed by atoms with Gasteiger partial charge in [0.1, 0.15) is 0 Å². The molecule has 0 nitrogen and oxygen atoms in total. The summed E-state index contributed by atoms with van der Waals surface area (Å²) in [5, 5.41) is 0. The smallest absolute Gasteiger partial charge is 0.00853 e. The highest BCUT2D eigenvalue weighted by Crippen LogP contribution is 2.67. The van der Waals surface area contributed by atoms with E-state index in [9.17, 15) is 0 Å². The van der Waals surface area contributed by atoms with E-state index in [0.717, 1.165) is 35.5 Å². The van der Waals surface area contributed by atoms with Gasteiger partial charge in [-0.15, -0.1) is 0 Å². The molecule has 0 spiro atoms. The number of hydrogen-bond donors (Lipinski definition) is 0. The van der Waals surface area contributed by atoms with E-state index in [2.05, 4.69) is 40.7 Å². The SMILES string of the molecule is CCCC(C)CCC[C@@H](C)[C@H]1CC[C@H]2[C@@H]3CC=C4CCCC[C@]4(C)[C@H]3CC[C@]12C. The van der Waals surface area contributed by atoms with Crippen molar-refractivity contribution in [3.8, 4) is 0 Å². The average molecular weight is 399 g/mol. The highest BCUT2D eigenvalue weighted by molar-refractivity contribution is 5.24. The molecule has 0 heterocycles. The lowest BCUT2D eigenvalue weighted by Crippen LogP contribution is -2.50. The van der Waals surface area contributed by atoms with Gasteiger partial charge >= 0.3 is 0 Å². The van der Waals surface area contributed by atoms with Gasteiger partial charge in [-0.05, 0) is 97.7 Å². The van der Waals surface area contributed by atoms with E-state index in [0.29, 0.717) is 10.8 Å². The first-order valence-corrected chi connectivity index (χ1v) is 13.6. The fourth-order valence-corrected chi connectivity index (χ4v) is 9.30. The molecule has 8 atom stereocenters. The molecule has 3 saturated carbocycles. The van der Waals surface area contributed by atoms with Gasteiger partial charge in [-0.25, -0.2) is 0 Å². The Balaban J connectivity index is 1.42. The lowest BCUT2D eigenvalue weighted by molar-refractivity contribution is -0.0500. The molecule has 0 heteroatoms. The molecule has 29 heavy (non-hydrogen) atoms. The van der Waals surface area contributed by atoms with Gasteiger partial charge in [0.05, 0.1) is 0 Å². The zero-order valence-corrected chi connectivity index (χ0v) is 20.4. The predicted octanol–water partition coefficient (Wildman–Crippen LogP) is 9.20. The Morgan fingerprint density at radius 2 is 1.79 bits per heavy atom. The molecule has 0 N–H and O–H groups in total. The summed E-state index contributed by atoms with van der Waals surface area (Å²) in [6.07, 6.45) is 23.3. The van der Waals surface area contributed by atoms with Gasteiger partial charge in [0.15, 0.2) is 0 Å². The van der Waals surface area contributed by atoms with Crippen molar-refractivity contribution in [1.82, 2.24) is 0 Å². The van der Waals surface area contributed by atoms with Gasteiger partial charge in [-0.1, -0.05) is 84.8 Å². The molecule has 0 bridgehead atoms. The minimum absolute atomic E-state index is 0.571. The molecule has 3 fully saturated rings. The third-order valence-corrected chi connectivity index (χ3v) is 10.9. The Hall–Kier alpha value is -0.260. The zero-order chi connectivity index (χ0) is 20.6. The molecule has 0 aromatic heterocycles. The summed E-state index contributed by atoms with van der Waals surface area (Å²) in [5.41, 5.74) is 3.09. The number of fused-ring (bicyclic) bond motifs is 5. The van der Waals surface area contributed by atoms with Crippen LogP contribution in [0.15, 0.2) is 11.6 Å².